The molecule has 1 spiro atoms. The van der Waals surface area contributed by atoms with Crippen molar-refractivity contribution >= 4 is 5.91 Å². The van der Waals surface area contributed by atoms with Gasteiger partial charge in [0, 0.05) is 43.2 Å². The molecular weight excluding hydrogens is 377 g/mol. The summed E-state index contributed by atoms with van der Waals surface area (Å²) in [7, 11) is 1.40. The highest BCUT2D eigenvalue weighted by Gasteiger charge is 2.51. The molecule has 0 aliphatic carbocycles. The summed E-state index contributed by atoms with van der Waals surface area (Å²) in [6, 6.07) is 4.31. The van der Waals surface area contributed by atoms with Gasteiger partial charge in [-0.2, -0.15) is 0 Å². The molecule has 8 heteroatoms. The molecule has 0 saturated carbocycles. The Bertz CT molecular complexity index is 892. The summed E-state index contributed by atoms with van der Waals surface area (Å²) in [4.78, 5) is 14.9. The normalized spacial score (nSPS) is 21.1. The summed E-state index contributed by atoms with van der Waals surface area (Å²) >= 11 is 0. The van der Waals surface area contributed by atoms with Gasteiger partial charge in [-0.3, -0.25) is 4.79 Å². The SMILES string of the molecule is COc1ccc(C(=O)N2CC(c3nnc(C(C)C)o3)C3(CCOCC3)C2)cc1F. The predicted octanol–water partition coefficient (Wildman–Crippen LogP) is 3.38. The van der Waals surface area contributed by atoms with E-state index in [1.54, 1.807) is 11.0 Å². The molecule has 7 nitrogen and oxygen atoms in total. The highest BCUT2D eigenvalue weighted by Crippen LogP contribution is 2.49. The third kappa shape index (κ3) is 3.61. The largest absolute Gasteiger partial charge is 0.494 e. The van der Waals surface area contributed by atoms with Gasteiger partial charge in [-0.25, -0.2) is 4.39 Å². The molecule has 2 aromatic rings. The first-order valence-corrected chi connectivity index (χ1v) is 9.97. The van der Waals surface area contributed by atoms with Crippen molar-refractivity contribution in [1.29, 1.82) is 0 Å². The lowest BCUT2D eigenvalue weighted by atomic mass is 9.72. The summed E-state index contributed by atoms with van der Waals surface area (Å²) in [5.74, 6) is 0.628. The van der Waals surface area contributed by atoms with E-state index in [0.717, 1.165) is 12.8 Å². The highest BCUT2D eigenvalue weighted by atomic mass is 19.1. The second-order valence-electron chi connectivity index (χ2n) is 8.20. The first kappa shape index (κ1) is 19.8. The molecule has 1 aromatic carbocycles. The zero-order valence-electron chi connectivity index (χ0n) is 17.0. The van der Waals surface area contributed by atoms with Gasteiger partial charge in [0.15, 0.2) is 11.6 Å². The summed E-state index contributed by atoms with van der Waals surface area (Å²) in [6.07, 6.45) is 1.63. The Labute approximate surface area is 169 Å². The average molecular weight is 403 g/mol. The molecule has 2 aliphatic rings. The predicted molar refractivity (Wildman–Crippen MR) is 102 cm³/mol. The van der Waals surface area contributed by atoms with E-state index < -0.39 is 5.82 Å². The maximum Gasteiger partial charge on any atom is 0.254 e. The van der Waals surface area contributed by atoms with Crippen molar-refractivity contribution in [3.63, 3.8) is 0 Å². The second kappa shape index (κ2) is 7.74. The topological polar surface area (TPSA) is 77.7 Å². The number of halogens is 1. The van der Waals surface area contributed by atoms with Gasteiger partial charge < -0.3 is 18.8 Å². The molecule has 29 heavy (non-hydrogen) atoms. The number of amides is 1. The van der Waals surface area contributed by atoms with Gasteiger partial charge in [-0.1, -0.05) is 13.8 Å². The van der Waals surface area contributed by atoms with Crippen LogP contribution in [0.3, 0.4) is 0 Å². The van der Waals surface area contributed by atoms with Crippen LogP contribution in [0, 0.1) is 11.2 Å². The number of methoxy groups -OCH3 is 1. The molecule has 1 unspecified atom stereocenters. The van der Waals surface area contributed by atoms with Gasteiger partial charge in [0.1, 0.15) is 0 Å². The van der Waals surface area contributed by atoms with Gasteiger partial charge in [-0.05, 0) is 31.0 Å². The third-order valence-corrected chi connectivity index (χ3v) is 6.07. The molecule has 2 aliphatic heterocycles. The standard InChI is InChI=1S/C21H26FN3O4/c1-13(2)18-23-24-19(29-18)15-11-25(12-21(15)6-8-28-9-7-21)20(26)14-4-5-17(27-3)16(22)10-14/h4-5,10,13,15H,6-9,11-12H2,1-3H3. The lowest BCUT2D eigenvalue weighted by Gasteiger charge is -2.36. The van der Waals surface area contributed by atoms with E-state index in [9.17, 15) is 9.18 Å². The van der Waals surface area contributed by atoms with Gasteiger partial charge in [0.25, 0.3) is 5.91 Å². The number of carbonyl (C=O) groups is 1. The number of aromatic nitrogens is 2. The first-order valence-electron chi connectivity index (χ1n) is 9.97. The molecule has 1 atom stereocenters. The zero-order chi connectivity index (χ0) is 20.6. The number of likely N-dealkylation sites (tertiary alicyclic amines) is 1. The number of hydrogen-bond donors (Lipinski definition) is 0. The fourth-order valence-electron chi connectivity index (χ4n) is 4.35. The van der Waals surface area contributed by atoms with E-state index in [1.165, 1.54) is 19.2 Å². The minimum atomic E-state index is -0.548. The molecule has 1 amide bonds. The van der Waals surface area contributed by atoms with Crippen LogP contribution in [-0.2, 0) is 4.74 Å². The average Bonchev–Trinajstić information content (AvgIpc) is 3.33. The van der Waals surface area contributed by atoms with Crippen LogP contribution in [-0.4, -0.2) is 54.4 Å². The third-order valence-electron chi connectivity index (χ3n) is 6.07. The molecular formula is C21H26FN3O4. The summed E-state index contributed by atoms with van der Waals surface area (Å²) in [5.41, 5.74) is 0.138. The number of carbonyl (C=O) groups excluding carboxylic acids is 1. The van der Waals surface area contributed by atoms with Gasteiger partial charge in [-0.15, -0.1) is 10.2 Å². The van der Waals surface area contributed by atoms with Gasteiger partial charge >= 0.3 is 0 Å². The Kier molecular flexibility index (Phi) is 5.29. The Morgan fingerprint density at radius 1 is 1.31 bits per heavy atom. The molecule has 2 fully saturated rings. The Morgan fingerprint density at radius 3 is 2.69 bits per heavy atom. The van der Waals surface area contributed by atoms with Crippen LogP contribution >= 0.6 is 0 Å². The summed E-state index contributed by atoms with van der Waals surface area (Å²) in [5, 5.41) is 8.48. The summed E-state index contributed by atoms with van der Waals surface area (Å²) in [6.45, 7) is 6.31. The van der Waals surface area contributed by atoms with Crippen LogP contribution in [0.25, 0.3) is 0 Å². The van der Waals surface area contributed by atoms with Crippen LogP contribution < -0.4 is 4.74 Å². The molecule has 0 N–H and O–H groups in total. The fraction of sp³-hybridized carbons (Fsp3) is 0.571. The molecule has 1 aromatic heterocycles. The quantitative estimate of drug-likeness (QED) is 0.779. The van der Waals surface area contributed by atoms with Crippen molar-refractivity contribution in [3.8, 4) is 5.75 Å². The minimum absolute atomic E-state index is 0.0570. The first-order chi connectivity index (χ1) is 13.9. The van der Waals surface area contributed by atoms with E-state index in [0.29, 0.717) is 43.6 Å². The van der Waals surface area contributed by atoms with Crippen LogP contribution in [0.4, 0.5) is 4.39 Å². The fourth-order valence-corrected chi connectivity index (χ4v) is 4.35. The molecule has 2 saturated heterocycles. The maximum absolute atomic E-state index is 14.1. The van der Waals surface area contributed by atoms with Crippen LogP contribution in [0.15, 0.2) is 22.6 Å². The minimum Gasteiger partial charge on any atom is -0.494 e. The van der Waals surface area contributed by atoms with Crippen molar-refractivity contribution in [2.24, 2.45) is 5.41 Å². The van der Waals surface area contributed by atoms with E-state index >= 15 is 0 Å². The van der Waals surface area contributed by atoms with Crippen molar-refractivity contribution < 1.29 is 23.1 Å². The number of hydrogen-bond acceptors (Lipinski definition) is 6. The molecule has 0 radical (unpaired) electrons. The molecule has 3 heterocycles. The van der Waals surface area contributed by atoms with Crippen molar-refractivity contribution in [1.82, 2.24) is 15.1 Å². The van der Waals surface area contributed by atoms with E-state index in [-0.39, 0.29) is 28.9 Å². The number of nitrogens with zero attached hydrogens (tertiary/aromatic N) is 3. The van der Waals surface area contributed by atoms with E-state index in [1.807, 2.05) is 13.8 Å². The van der Waals surface area contributed by atoms with Crippen molar-refractivity contribution in [2.75, 3.05) is 33.4 Å². The van der Waals surface area contributed by atoms with Crippen molar-refractivity contribution in [2.45, 2.75) is 38.5 Å². The zero-order valence-corrected chi connectivity index (χ0v) is 17.0. The van der Waals surface area contributed by atoms with Crippen molar-refractivity contribution in [3.05, 3.63) is 41.4 Å². The number of benzene rings is 1. The second-order valence-corrected chi connectivity index (χ2v) is 8.20. The Morgan fingerprint density at radius 2 is 2.07 bits per heavy atom. The Balaban J connectivity index is 1.62. The molecule has 4 rings (SSSR count). The van der Waals surface area contributed by atoms with Gasteiger partial charge in [0.05, 0.1) is 13.0 Å². The molecule has 156 valence electrons. The monoisotopic (exact) mass is 403 g/mol. The smallest absolute Gasteiger partial charge is 0.254 e. The lowest BCUT2D eigenvalue weighted by Crippen LogP contribution is -2.37. The van der Waals surface area contributed by atoms with Crippen LogP contribution in [0.2, 0.25) is 0 Å². The van der Waals surface area contributed by atoms with Crippen LogP contribution in [0.1, 0.15) is 60.7 Å². The lowest BCUT2D eigenvalue weighted by molar-refractivity contribution is 0.00888. The Hall–Kier alpha value is -2.48. The summed E-state index contributed by atoms with van der Waals surface area (Å²) < 4.78 is 30.6. The number of ether oxygens (including phenoxy) is 2. The van der Waals surface area contributed by atoms with Crippen LogP contribution in [0.5, 0.6) is 5.75 Å². The highest BCUT2D eigenvalue weighted by molar-refractivity contribution is 5.94. The molecule has 0 bridgehead atoms. The maximum atomic E-state index is 14.1. The van der Waals surface area contributed by atoms with Gasteiger partial charge in [0.2, 0.25) is 11.8 Å². The number of rotatable bonds is 4. The van der Waals surface area contributed by atoms with E-state index in [2.05, 4.69) is 10.2 Å². The van der Waals surface area contributed by atoms with E-state index in [4.69, 9.17) is 13.9 Å².